The molecule has 0 radical (unpaired) electrons. The average molecular weight is 441 g/mol. The minimum absolute atomic E-state index is 0.0469. The highest BCUT2D eigenvalue weighted by atomic mass is 35.5. The van der Waals surface area contributed by atoms with Gasteiger partial charge in [0, 0.05) is 43.9 Å². The SMILES string of the molecule is COc1ccc(OCn2ccc(C(=O)N3CCN(Cc4ccc(Cl)cc4)CC3)n2)cc1. The first-order chi connectivity index (χ1) is 15.1. The molecule has 31 heavy (non-hydrogen) atoms. The van der Waals surface area contributed by atoms with E-state index in [1.165, 1.54) is 5.56 Å². The van der Waals surface area contributed by atoms with Gasteiger partial charge >= 0.3 is 0 Å². The molecule has 1 fully saturated rings. The molecule has 1 amide bonds. The zero-order chi connectivity index (χ0) is 21.6. The normalized spacial score (nSPS) is 14.5. The Balaban J connectivity index is 1.26. The minimum Gasteiger partial charge on any atom is -0.497 e. The summed E-state index contributed by atoms with van der Waals surface area (Å²) >= 11 is 5.95. The van der Waals surface area contributed by atoms with E-state index in [4.69, 9.17) is 21.1 Å². The summed E-state index contributed by atoms with van der Waals surface area (Å²) in [4.78, 5) is 17.0. The van der Waals surface area contributed by atoms with Gasteiger partial charge in [-0.1, -0.05) is 23.7 Å². The molecule has 2 heterocycles. The Bertz CT molecular complexity index is 996. The number of hydrogen-bond donors (Lipinski definition) is 0. The Hall–Kier alpha value is -3.03. The monoisotopic (exact) mass is 440 g/mol. The molecule has 0 N–H and O–H groups in total. The summed E-state index contributed by atoms with van der Waals surface area (Å²) < 4.78 is 12.5. The van der Waals surface area contributed by atoms with E-state index in [0.29, 0.717) is 24.5 Å². The first-order valence-electron chi connectivity index (χ1n) is 10.2. The van der Waals surface area contributed by atoms with Gasteiger partial charge in [-0.3, -0.25) is 9.69 Å². The van der Waals surface area contributed by atoms with Crippen LogP contribution in [-0.4, -0.2) is 58.8 Å². The van der Waals surface area contributed by atoms with Gasteiger partial charge in [0.05, 0.1) is 7.11 Å². The summed E-state index contributed by atoms with van der Waals surface area (Å²) in [5, 5.41) is 5.12. The second kappa shape index (κ2) is 9.85. The second-order valence-electron chi connectivity index (χ2n) is 7.38. The number of aromatic nitrogens is 2. The summed E-state index contributed by atoms with van der Waals surface area (Å²) in [6.45, 7) is 4.11. The Morgan fingerprint density at radius 3 is 2.32 bits per heavy atom. The fraction of sp³-hybridized carbons (Fsp3) is 0.304. The summed E-state index contributed by atoms with van der Waals surface area (Å²) in [7, 11) is 1.62. The van der Waals surface area contributed by atoms with E-state index in [1.807, 2.05) is 53.4 Å². The van der Waals surface area contributed by atoms with Crippen LogP contribution < -0.4 is 9.47 Å². The van der Waals surface area contributed by atoms with E-state index in [1.54, 1.807) is 24.1 Å². The highest BCUT2D eigenvalue weighted by Crippen LogP contribution is 2.18. The van der Waals surface area contributed by atoms with Crippen LogP contribution in [0.15, 0.2) is 60.8 Å². The van der Waals surface area contributed by atoms with Gasteiger partial charge in [0.25, 0.3) is 5.91 Å². The Kier molecular flexibility index (Phi) is 6.74. The second-order valence-corrected chi connectivity index (χ2v) is 7.82. The average Bonchev–Trinajstić information content (AvgIpc) is 3.29. The lowest BCUT2D eigenvalue weighted by atomic mass is 10.2. The van der Waals surface area contributed by atoms with E-state index in [2.05, 4.69) is 10.00 Å². The van der Waals surface area contributed by atoms with Crippen molar-refractivity contribution in [1.29, 1.82) is 0 Å². The molecule has 0 bridgehead atoms. The number of benzene rings is 2. The van der Waals surface area contributed by atoms with Crippen molar-refractivity contribution in [2.45, 2.75) is 13.3 Å². The van der Waals surface area contributed by atoms with Crippen molar-refractivity contribution in [2.75, 3.05) is 33.3 Å². The molecular formula is C23H25ClN4O3. The molecule has 0 aliphatic carbocycles. The molecular weight excluding hydrogens is 416 g/mol. The molecule has 1 aliphatic rings. The molecule has 0 unspecified atom stereocenters. The van der Waals surface area contributed by atoms with Gasteiger partial charge < -0.3 is 14.4 Å². The highest BCUT2D eigenvalue weighted by Gasteiger charge is 2.23. The molecule has 0 saturated carbocycles. The van der Waals surface area contributed by atoms with Crippen LogP contribution in [0.5, 0.6) is 11.5 Å². The lowest BCUT2D eigenvalue weighted by Gasteiger charge is -2.34. The minimum atomic E-state index is -0.0469. The first kappa shape index (κ1) is 21.2. The molecule has 3 aromatic rings. The third kappa shape index (κ3) is 5.57. The van der Waals surface area contributed by atoms with Crippen LogP contribution in [0.2, 0.25) is 5.02 Å². The van der Waals surface area contributed by atoms with Crippen LogP contribution in [0, 0.1) is 0 Å². The zero-order valence-corrected chi connectivity index (χ0v) is 18.2. The summed E-state index contributed by atoms with van der Waals surface area (Å²) in [5.74, 6) is 1.43. The van der Waals surface area contributed by atoms with Gasteiger partial charge in [0.1, 0.15) is 11.5 Å². The van der Waals surface area contributed by atoms with Gasteiger partial charge in [-0.2, -0.15) is 5.10 Å². The molecule has 1 saturated heterocycles. The number of amides is 1. The van der Waals surface area contributed by atoms with Crippen LogP contribution in [0.1, 0.15) is 16.1 Å². The number of nitrogens with zero attached hydrogens (tertiary/aromatic N) is 4. The number of ether oxygens (including phenoxy) is 2. The highest BCUT2D eigenvalue weighted by molar-refractivity contribution is 6.30. The van der Waals surface area contributed by atoms with Gasteiger partial charge in [-0.25, -0.2) is 4.68 Å². The summed E-state index contributed by atoms with van der Waals surface area (Å²) in [6.07, 6.45) is 1.76. The van der Waals surface area contributed by atoms with Crippen LogP contribution >= 0.6 is 11.6 Å². The third-order valence-corrected chi connectivity index (χ3v) is 5.51. The molecule has 162 valence electrons. The fourth-order valence-corrected chi connectivity index (χ4v) is 3.61. The van der Waals surface area contributed by atoms with Gasteiger partial charge in [0.15, 0.2) is 12.4 Å². The standard InChI is InChI=1S/C23H25ClN4O3/c1-30-20-6-8-21(9-7-20)31-17-28-11-10-22(25-28)23(29)27-14-12-26(13-15-27)16-18-2-4-19(24)5-3-18/h2-11H,12-17H2,1H3. The van der Waals surface area contributed by atoms with E-state index in [0.717, 1.165) is 30.4 Å². The molecule has 1 aliphatic heterocycles. The molecule has 0 atom stereocenters. The zero-order valence-electron chi connectivity index (χ0n) is 17.4. The summed E-state index contributed by atoms with van der Waals surface area (Å²) in [5.41, 5.74) is 1.66. The number of methoxy groups -OCH3 is 1. The quantitative estimate of drug-likeness (QED) is 0.562. The predicted octanol–water partition coefficient (Wildman–Crippen LogP) is 3.54. The maximum atomic E-state index is 12.8. The van der Waals surface area contributed by atoms with Gasteiger partial charge in [-0.05, 0) is 48.0 Å². The Morgan fingerprint density at radius 1 is 0.968 bits per heavy atom. The molecule has 0 spiro atoms. The molecule has 7 nitrogen and oxygen atoms in total. The van der Waals surface area contributed by atoms with Crippen molar-refractivity contribution in [2.24, 2.45) is 0 Å². The first-order valence-corrected chi connectivity index (χ1v) is 10.5. The fourth-order valence-electron chi connectivity index (χ4n) is 3.48. The summed E-state index contributed by atoms with van der Waals surface area (Å²) in [6, 6.07) is 17.0. The van der Waals surface area contributed by atoms with Crippen molar-refractivity contribution < 1.29 is 14.3 Å². The smallest absolute Gasteiger partial charge is 0.274 e. The van der Waals surface area contributed by atoms with Crippen molar-refractivity contribution in [1.82, 2.24) is 19.6 Å². The maximum Gasteiger partial charge on any atom is 0.274 e. The number of halogens is 1. The largest absolute Gasteiger partial charge is 0.497 e. The number of piperazine rings is 1. The van der Waals surface area contributed by atoms with E-state index >= 15 is 0 Å². The number of hydrogen-bond acceptors (Lipinski definition) is 5. The van der Waals surface area contributed by atoms with Crippen molar-refractivity contribution in [3.63, 3.8) is 0 Å². The third-order valence-electron chi connectivity index (χ3n) is 5.26. The molecule has 1 aromatic heterocycles. The van der Waals surface area contributed by atoms with E-state index in [-0.39, 0.29) is 12.6 Å². The Labute approximate surface area is 186 Å². The number of carbonyl (C=O) groups is 1. The van der Waals surface area contributed by atoms with Crippen LogP contribution in [-0.2, 0) is 13.3 Å². The van der Waals surface area contributed by atoms with Crippen LogP contribution in [0.25, 0.3) is 0 Å². The Morgan fingerprint density at radius 2 is 1.65 bits per heavy atom. The van der Waals surface area contributed by atoms with Crippen molar-refractivity contribution >= 4 is 17.5 Å². The van der Waals surface area contributed by atoms with E-state index < -0.39 is 0 Å². The lowest BCUT2D eigenvalue weighted by molar-refractivity contribution is 0.0621. The lowest BCUT2D eigenvalue weighted by Crippen LogP contribution is -2.48. The number of carbonyl (C=O) groups excluding carboxylic acids is 1. The van der Waals surface area contributed by atoms with E-state index in [9.17, 15) is 4.79 Å². The van der Waals surface area contributed by atoms with Gasteiger partial charge in [-0.15, -0.1) is 0 Å². The van der Waals surface area contributed by atoms with Crippen LogP contribution in [0.3, 0.4) is 0 Å². The predicted molar refractivity (Wildman–Crippen MR) is 118 cm³/mol. The topological polar surface area (TPSA) is 59.8 Å². The van der Waals surface area contributed by atoms with Crippen molar-refractivity contribution in [3.05, 3.63) is 77.1 Å². The molecule has 2 aromatic carbocycles. The molecule has 4 rings (SSSR count). The van der Waals surface area contributed by atoms with Crippen LogP contribution in [0.4, 0.5) is 0 Å². The van der Waals surface area contributed by atoms with Gasteiger partial charge in [0.2, 0.25) is 0 Å². The maximum absolute atomic E-state index is 12.8. The number of rotatable bonds is 7. The van der Waals surface area contributed by atoms with Crippen molar-refractivity contribution in [3.8, 4) is 11.5 Å². The molecule has 8 heteroatoms.